The monoisotopic (exact) mass is 434 g/mol. The van der Waals surface area contributed by atoms with Gasteiger partial charge in [-0.3, -0.25) is 10.9 Å². The van der Waals surface area contributed by atoms with E-state index in [-0.39, 0.29) is 17.8 Å². The van der Waals surface area contributed by atoms with Crippen LogP contribution in [0.15, 0.2) is 42.5 Å². The molecule has 1 heterocycles. The lowest BCUT2D eigenvalue weighted by atomic mass is 10.1. The molecule has 2 aromatic carbocycles. The van der Waals surface area contributed by atoms with Gasteiger partial charge in [0.15, 0.2) is 29.1 Å². The van der Waals surface area contributed by atoms with Crippen molar-refractivity contribution in [3.05, 3.63) is 65.7 Å². The molecule has 6 nitrogen and oxygen atoms in total. The van der Waals surface area contributed by atoms with Gasteiger partial charge in [-0.25, -0.2) is 22.5 Å². The minimum atomic E-state index is -1.55. The van der Waals surface area contributed by atoms with Crippen LogP contribution in [-0.2, 0) is 0 Å². The Balaban J connectivity index is 1.84. The molecule has 3 rings (SSSR count). The van der Waals surface area contributed by atoms with Crippen molar-refractivity contribution in [2.75, 3.05) is 43.4 Å². The number of halogens is 4. The van der Waals surface area contributed by atoms with Gasteiger partial charge in [-0.1, -0.05) is 30.3 Å². The zero-order valence-electron chi connectivity index (χ0n) is 17.0. The van der Waals surface area contributed by atoms with Crippen LogP contribution in [0, 0.1) is 23.3 Å². The Hall–Kier alpha value is -3.40. The lowest BCUT2D eigenvalue weighted by Crippen LogP contribution is -2.18. The summed E-state index contributed by atoms with van der Waals surface area (Å²) in [5.74, 6) is -5.70. The van der Waals surface area contributed by atoms with Gasteiger partial charge in [0, 0.05) is 24.2 Å². The first-order valence-corrected chi connectivity index (χ1v) is 9.53. The Morgan fingerprint density at radius 1 is 0.871 bits per heavy atom. The summed E-state index contributed by atoms with van der Waals surface area (Å²) in [6.45, 7) is 1.46. The molecule has 0 fully saturated rings. The Kier molecular flexibility index (Phi) is 7.24. The first kappa shape index (κ1) is 22.3. The molecule has 3 aromatic rings. The van der Waals surface area contributed by atoms with Crippen LogP contribution in [0.4, 0.5) is 35.0 Å². The molecule has 0 aliphatic carbocycles. The smallest absolute Gasteiger partial charge is 0.225 e. The molecule has 0 spiro atoms. The first-order chi connectivity index (χ1) is 14.8. The number of aromatic nitrogens is 2. The summed E-state index contributed by atoms with van der Waals surface area (Å²) in [7, 11) is 3.93. The van der Waals surface area contributed by atoms with Gasteiger partial charge in [0.2, 0.25) is 5.95 Å². The number of nitrogens with zero attached hydrogens (tertiary/aromatic N) is 3. The summed E-state index contributed by atoms with van der Waals surface area (Å²) in [5, 5.41) is 3.10. The second-order valence-electron chi connectivity index (χ2n) is 7.00. The Morgan fingerprint density at radius 3 is 2.19 bits per heavy atom. The molecule has 31 heavy (non-hydrogen) atoms. The van der Waals surface area contributed by atoms with E-state index in [1.807, 2.05) is 49.3 Å². The number of anilines is 3. The fraction of sp³-hybridized carbons (Fsp3) is 0.238. The molecule has 0 amide bonds. The van der Waals surface area contributed by atoms with Crippen LogP contribution in [0.2, 0.25) is 0 Å². The predicted octanol–water partition coefficient (Wildman–Crippen LogP) is 4.50. The quantitative estimate of drug-likeness (QED) is 0.199. The summed E-state index contributed by atoms with van der Waals surface area (Å²) >= 11 is 0. The zero-order valence-corrected chi connectivity index (χ0v) is 17.0. The number of benzene rings is 2. The second-order valence-corrected chi connectivity index (χ2v) is 7.00. The first-order valence-electron chi connectivity index (χ1n) is 9.53. The third-order valence-corrected chi connectivity index (χ3v) is 4.29. The van der Waals surface area contributed by atoms with Crippen molar-refractivity contribution in [2.24, 2.45) is 0 Å². The molecular weight excluding hydrogens is 412 g/mol. The van der Waals surface area contributed by atoms with Crippen LogP contribution >= 0.6 is 0 Å². The van der Waals surface area contributed by atoms with E-state index < -0.39 is 29.0 Å². The van der Waals surface area contributed by atoms with E-state index in [2.05, 4.69) is 26.1 Å². The summed E-state index contributed by atoms with van der Waals surface area (Å²) in [5.41, 5.74) is 5.00. The van der Waals surface area contributed by atoms with Crippen LogP contribution in [0.25, 0.3) is 11.3 Å². The fourth-order valence-electron chi connectivity index (χ4n) is 2.75. The maximum absolute atomic E-state index is 13.9. The van der Waals surface area contributed by atoms with Gasteiger partial charge in [-0.2, -0.15) is 4.98 Å². The molecule has 0 unspecified atom stereocenters. The van der Waals surface area contributed by atoms with E-state index in [0.29, 0.717) is 12.2 Å². The SMILES string of the molecule is CN(C)CCCNc1nc(NNc2c(F)c(F)cc(F)c2F)cc(-c2ccccc2)n1. The molecule has 0 saturated carbocycles. The van der Waals surface area contributed by atoms with Crippen LogP contribution < -0.4 is 16.2 Å². The van der Waals surface area contributed by atoms with Crippen molar-refractivity contribution >= 4 is 17.5 Å². The molecule has 0 saturated heterocycles. The molecule has 0 radical (unpaired) electrons. The average Bonchev–Trinajstić information content (AvgIpc) is 2.76. The van der Waals surface area contributed by atoms with E-state index in [0.717, 1.165) is 18.5 Å². The van der Waals surface area contributed by atoms with Crippen molar-refractivity contribution in [3.8, 4) is 11.3 Å². The van der Waals surface area contributed by atoms with E-state index in [1.54, 1.807) is 6.07 Å². The van der Waals surface area contributed by atoms with Gasteiger partial charge in [-0.05, 0) is 27.1 Å². The van der Waals surface area contributed by atoms with Crippen LogP contribution in [-0.4, -0.2) is 42.1 Å². The highest BCUT2D eigenvalue weighted by molar-refractivity contribution is 5.65. The van der Waals surface area contributed by atoms with Crippen LogP contribution in [0.5, 0.6) is 0 Å². The van der Waals surface area contributed by atoms with Crippen LogP contribution in [0.1, 0.15) is 6.42 Å². The average molecular weight is 434 g/mol. The topological polar surface area (TPSA) is 65.1 Å². The molecule has 164 valence electrons. The lowest BCUT2D eigenvalue weighted by Gasteiger charge is -2.14. The number of nitrogens with one attached hydrogen (secondary N) is 3. The number of hydrogen-bond donors (Lipinski definition) is 3. The standard InChI is InChI=1S/C21H22F4N6/c1-31(2)10-6-9-26-21-27-16(13-7-4-3-5-8-13)12-17(28-21)29-30-20-18(24)14(22)11-15(23)19(20)25/h3-5,7-8,11-12,30H,6,9-10H2,1-2H3,(H2,26,27,28,29). The molecule has 0 aliphatic rings. The normalized spacial score (nSPS) is 10.9. The van der Waals surface area contributed by atoms with E-state index in [4.69, 9.17) is 0 Å². The number of rotatable bonds is 9. The highest BCUT2D eigenvalue weighted by Crippen LogP contribution is 2.25. The van der Waals surface area contributed by atoms with E-state index >= 15 is 0 Å². The molecule has 1 aromatic heterocycles. The van der Waals surface area contributed by atoms with Gasteiger partial charge in [0.25, 0.3) is 0 Å². The summed E-state index contributed by atoms with van der Waals surface area (Å²) in [6.07, 6.45) is 0.839. The Morgan fingerprint density at radius 2 is 1.55 bits per heavy atom. The Labute approximate surface area is 177 Å². The fourth-order valence-corrected chi connectivity index (χ4v) is 2.75. The highest BCUT2D eigenvalue weighted by Gasteiger charge is 2.19. The van der Waals surface area contributed by atoms with Gasteiger partial charge in [-0.15, -0.1) is 0 Å². The largest absolute Gasteiger partial charge is 0.354 e. The van der Waals surface area contributed by atoms with E-state index in [9.17, 15) is 17.6 Å². The van der Waals surface area contributed by atoms with Crippen molar-refractivity contribution in [3.63, 3.8) is 0 Å². The number of hydrogen-bond acceptors (Lipinski definition) is 6. The lowest BCUT2D eigenvalue weighted by molar-refractivity contribution is 0.405. The molecular formula is C21H22F4N6. The molecule has 0 atom stereocenters. The molecule has 3 N–H and O–H groups in total. The van der Waals surface area contributed by atoms with Crippen molar-refractivity contribution in [1.82, 2.24) is 14.9 Å². The Bertz CT molecular complexity index is 1000. The summed E-state index contributed by atoms with van der Waals surface area (Å²) in [6, 6.07) is 10.9. The van der Waals surface area contributed by atoms with E-state index in [1.165, 1.54) is 0 Å². The van der Waals surface area contributed by atoms with Gasteiger partial charge in [0.1, 0.15) is 5.69 Å². The zero-order chi connectivity index (χ0) is 22.4. The van der Waals surface area contributed by atoms with Gasteiger partial charge < -0.3 is 10.2 Å². The van der Waals surface area contributed by atoms with Crippen molar-refractivity contribution in [2.45, 2.75) is 6.42 Å². The van der Waals surface area contributed by atoms with Gasteiger partial charge >= 0.3 is 0 Å². The summed E-state index contributed by atoms with van der Waals surface area (Å²) in [4.78, 5) is 10.8. The third-order valence-electron chi connectivity index (χ3n) is 4.29. The minimum Gasteiger partial charge on any atom is -0.354 e. The molecule has 0 aliphatic heterocycles. The van der Waals surface area contributed by atoms with Crippen molar-refractivity contribution < 1.29 is 17.6 Å². The minimum absolute atomic E-state index is 0.143. The van der Waals surface area contributed by atoms with Crippen molar-refractivity contribution in [1.29, 1.82) is 0 Å². The summed E-state index contributed by atoms with van der Waals surface area (Å²) < 4.78 is 54.7. The molecule has 10 heteroatoms. The highest BCUT2D eigenvalue weighted by atomic mass is 19.2. The maximum atomic E-state index is 13.9. The second kappa shape index (κ2) is 10.1. The maximum Gasteiger partial charge on any atom is 0.225 e. The molecule has 0 bridgehead atoms. The number of hydrazine groups is 1. The van der Waals surface area contributed by atoms with Crippen LogP contribution in [0.3, 0.4) is 0 Å². The van der Waals surface area contributed by atoms with Gasteiger partial charge in [0.05, 0.1) is 5.69 Å². The third kappa shape index (κ3) is 5.82. The predicted molar refractivity (Wildman–Crippen MR) is 113 cm³/mol.